The van der Waals surface area contributed by atoms with Gasteiger partial charge in [-0.15, -0.1) is 11.8 Å². The van der Waals surface area contributed by atoms with Gasteiger partial charge in [-0.05, 0) is 55.3 Å². The summed E-state index contributed by atoms with van der Waals surface area (Å²) >= 11 is 1.84. The second kappa shape index (κ2) is 8.57. The number of rotatable bonds is 8. The molecule has 3 atom stereocenters. The van der Waals surface area contributed by atoms with Crippen molar-refractivity contribution in [2.24, 2.45) is 11.3 Å². The van der Waals surface area contributed by atoms with Crippen LogP contribution in [0, 0.1) is 23.7 Å². The fourth-order valence-corrected chi connectivity index (χ4v) is 5.95. The first-order valence-corrected chi connectivity index (χ1v) is 13.2. The first kappa shape index (κ1) is 22.6. The van der Waals surface area contributed by atoms with Crippen molar-refractivity contribution in [3.63, 3.8) is 0 Å². The summed E-state index contributed by atoms with van der Waals surface area (Å²) in [5.74, 6) is 4.57. The van der Waals surface area contributed by atoms with Crippen molar-refractivity contribution in [3.05, 3.63) is 39.8 Å². The first-order valence-electron chi connectivity index (χ1n) is 12.3. The molecule has 2 unspecified atom stereocenters. The van der Waals surface area contributed by atoms with E-state index in [1.807, 2.05) is 11.8 Å². The molecule has 0 spiro atoms. The molecule has 2 aromatic heterocycles. The van der Waals surface area contributed by atoms with E-state index < -0.39 is 0 Å². The largest absolute Gasteiger partial charge is 0.323 e. The van der Waals surface area contributed by atoms with Crippen molar-refractivity contribution in [1.82, 2.24) is 20.2 Å². The molecule has 2 saturated carbocycles. The number of aromatic amines is 1. The smallest absolute Gasteiger partial charge is 0.153 e. The Balaban J connectivity index is 1.39. The van der Waals surface area contributed by atoms with Gasteiger partial charge in [0.1, 0.15) is 11.6 Å². The van der Waals surface area contributed by atoms with Crippen molar-refractivity contribution >= 4 is 29.6 Å². The zero-order chi connectivity index (χ0) is 23.3. The van der Waals surface area contributed by atoms with Crippen LogP contribution in [0.5, 0.6) is 0 Å². The molecule has 6 nitrogen and oxygen atoms in total. The fraction of sp³-hybridized carbons (Fsp3) is 0.615. The summed E-state index contributed by atoms with van der Waals surface area (Å²) in [6, 6.07) is 2.13. The third kappa shape index (κ3) is 4.88. The molecule has 0 radical (unpaired) electrons. The molecule has 7 heteroatoms. The van der Waals surface area contributed by atoms with Crippen LogP contribution in [0.4, 0.5) is 11.6 Å². The Morgan fingerprint density at radius 2 is 1.91 bits per heavy atom. The molecule has 0 aliphatic heterocycles. The van der Waals surface area contributed by atoms with Crippen LogP contribution in [0.2, 0.25) is 0 Å². The molecular formula is C26H36N6S. The third-order valence-corrected chi connectivity index (χ3v) is 8.85. The summed E-state index contributed by atoms with van der Waals surface area (Å²) in [5.41, 5.74) is 3.65. The number of anilines is 2. The summed E-state index contributed by atoms with van der Waals surface area (Å²) in [6.07, 6.45) is 9.87. The van der Waals surface area contributed by atoms with Crippen LogP contribution in [0.25, 0.3) is 0 Å². The van der Waals surface area contributed by atoms with Crippen LogP contribution in [0.15, 0.2) is 17.0 Å². The Kier molecular flexibility index (Phi) is 5.88. The molecule has 0 saturated heterocycles. The van der Waals surface area contributed by atoms with E-state index in [4.69, 9.17) is 15.4 Å². The molecule has 0 aromatic carbocycles. The number of aromatic nitrogens is 4. The van der Waals surface area contributed by atoms with Crippen LogP contribution >= 0.6 is 11.8 Å². The molecule has 176 valence electrons. The van der Waals surface area contributed by atoms with E-state index in [2.05, 4.69) is 62.3 Å². The lowest BCUT2D eigenvalue weighted by molar-refractivity contribution is 0.448. The second-order valence-electron chi connectivity index (χ2n) is 11.2. The van der Waals surface area contributed by atoms with Gasteiger partial charge in [0.15, 0.2) is 5.82 Å². The number of nitrogens with zero attached hydrogens (tertiary/aromatic N) is 3. The minimum absolute atomic E-state index is 0.0635. The van der Waals surface area contributed by atoms with Gasteiger partial charge in [-0.25, -0.2) is 9.97 Å². The van der Waals surface area contributed by atoms with Crippen molar-refractivity contribution in [2.75, 3.05) is 5.32 Å². The molecule has 3 aliphatic carbocycles. The summed E-state index contributed by atoms with van der Waals surface area (Å²) in [5, 5.41) is 19.3. The highest BCUT2D eigenvalue weighted by atomic mass is 32.2. The maximum atomic E-state index is 7.90. The minimum Gasteiger partial charge on any atom is -0.323 e. The van der Waals surface area contributed by atoms with Crippen LogP contribution in [-0.4, -0.2) is 31.6 Å². The van der Waals surface area contributed by atoms with Crippen LogP contribution < -0.4 is 5.32 Å². The van der Waals surface area contributed by atoms with Gasteiger partial charge in [0.05, 0.1) is 5.69 Å². The van der Waals surface area contributed by atoms with E-state index >= 15 is 0 Å². The highest BCUT2D eigenvalue weighted by Gasteiger charge is 2.35. The average molecular weight is 465 g/mol. The van der Waals surface area contributed by atoms with Gasteiger partial charge in [0, 0.05) is 46.5 Å². The zero-order valence-electron chi connectivity index (χ0n) is 20.4. The van der Waals surface area contributed by atoms with Gasteiger partial charge in [-0.1, -0.05) is 33.8 Å². The molecule has 0 bridgehead atoms. The molecule has 2 aromatic rings. The predicted molar refractivity (Wildman–Crippen MR) is 137 cm³/mol. The predicted octanol–water partition coefficient (Wildman–Crippen LogP) is 6.81. The number of hydrogen-bond donors (Lipinski definition) is 3. The van der Waals surface area contributed by atoms with E-state index in [0.29, 0.717) is 17.8 Å². The summed E-state index contributed by atoms with van der Waals surface area (Å²) in [7, 11) is 0. The molecule has 2 fully saturated rings. The van der Waals surface area contributed by atoms with Crippen LogP contribution in [-0.2, 0) is 0 Å². The molecule has 3 N–H and O–H groups in total. The van der Waals surface area contributed by atoms with Crippen molar-refractivity contribution < 1.29 is 0 Å². The number of thioether (sulfide) groups is 1. The Labute approximate surface area is 201 Å². The van der Waals surface area contributed by atoms with E-state index in [1.54, 1.807) is 6.21 Å². The van der Waals surface area contributed by atoms with Gasteiger partial charge >= 0.3 is 0 Å². The number of hydrogen-bond acceptors (Lipinski definition) is 6. The quantitative estimate of drug-likeness (QED) is 0.373. The summed E-state index contributed by atoms with van der Waals surface area (Å²) in [6.45, 7) is 11.0. The van der Waals surface area contributed by atoms with E-state index in [-0.39, 0.29) is 16.6 Å². The Morgan fingerprint density at radius 1 is 1.18 bits per heavy atom. The zero-order valence-corrected chi connectivity index (χ0v) is 21.2. The minimum atomic E-state index is 0.0635. The summed E-state index contributed by atoms with van der Waals surface area (Å²) < 4.78 is 0. The lowest BCUT2D eigenvalue weighted by atomic mass is 9.92. The first-order chi connectivity index (χ1) is 15.7. The fourth-order valence-electron chi connectivity index (χ4n) is 4.64. The second-order valence-corrected chi connectivity index (χ2v) is 12.5. The van der Waals surface area contributed by atoms with Gasteiger partial charge in [-0.3, -0.25) is 5.10 Å². The Bertz CT molecular complexity index is 1070. The SMILES string of the molecule is Cc1c(Nc2cc(C3CC3)[nH]n2)nc([C@H]2CC(SC(C=N)C(C)(C)C)=CC2C)nc1C1CC1. The van der Waals surface area contributed by atoms with Gasteiger partial charge in [0.25, 0.3) is 0 Å². The molecular weight excluding hydrogens is 428 g/mol. The van der Waals surface area contributed by atoms with Gasteiger partial charge < -0.3 is 10.7 Å². The number of H-pyrrole nitrogens is 1. The van der Waals surface area contributed by atoms with Crippen molar-refractivity contribution in [1.29, 1.82) is 5.41 Å². The van der Waals surface area contributed by atoms with Crippen LogP contribution in [0.3, 0.4) is 0 Å². The van der Waals surface area contributed by atoms with E-state index in [0.717, 1.165) is 29.4 Å². The van der Waals surface area contributed by atoms with E-state index in [9.17, 15) is 0 Å². The molecule has 33 heavy (non-hydrogen) atoms. The third-order valence-electron chi connectivity index (χ3n) is 7.15. The molecule has 5 rings (SSSR count). The molecule has 0 amide bonds. The molecule has 3 aliphatic rings. The monoisotopic (exact) mass is 464 g/mol. The van der Waals surface area contributed by atoms with Gasteiger partial charge in [0.2, 0.25) is 0 Å². The van der Waals surface area contributed by atoms with Crippen molar-refractivity contribution in [3.8, 4) is 0 Å². The summed E-state index contributed by atoms with van der Waals surface area (Å²) in [4.78, 5) is 11.6. The normalized spacial score (nSPS) is 24.0. The number of nitrogens with one attached hydrogen (secondary N) is 3. The van der Waals surface area contributed by atoms with Crippen molar-refractivity contribution in [2.45, 2.75) is 89.7 Å². The van der Waals surface area contributed by atoms with E-state index in [1.165, 1.54) is 42.0 Å². The Morgan fingerprint density at radius 3 is 2.55 bits per heavy atom. The van der Waals surface area contributed by atoms with Crippen LogP contribution in [0.1, 0.15) is 100 Å². The number of allylic oxidation sites excluding steroid dienone is 2. The topological polar surface area (TPSA) is 90.3 Å². The highest BCUT2D eigenvalue weighted by Crippen LogP contribution is 2.47. The lowest BCUT2D eigenvalue weighted by Gasteiger charge is -2.27. The maximum absolute atomic E-state index is 7.90. The Hall–Kier alpha value is -2.15. The molecule has 2 heterocycles. The highest BCUT2D eigenvalue weighted by molar-refractivity contribution is 8.04. The van der Waals surface area contributed by atoms with Gasteiger partial charge in [-0.2, -0.15) is 5.10 Å². The average Bonchev–Trinajstić information content (AvgIpc) is 3.69. The standard InChI is InChI=1S/C26H36N6S/c1-14-10-18(33-21(13-27)26(3,4)5)11-19(14)25-29-23(17-8-9-17)15(2)24(30-25)28-22-12-20(31-32-22)16-6-7-16/h10,12-14,16-17,19,21,27H,6-9,11H2,1-5H3,(H2,28,29,30,31,32)/t14?,19-,21?/m0/s1. The lowest BCUT2D eigenvalue weighted by Crippen LogP contribution is -2.24. The maximum Gasteiger partial charge on any atom is 0.153 e.